The monoisotopic (exact) mass is 402 g/mol. The van der Waals surface area contributed by atoms with Crippen molar-refractivity contribution in [3.05, 3.63) is 67.6 Å². The van der Waals surface area contributed by atoms with E-state index in [-0.39, 0.29) is 6.04 Å². The van der Waals surface area contributed by atoms with Crippen LogP contribution in [0, 0.1) is 0 Å². The molecule has 2 nitrogen and oxygen atoms in total. The summed E-state index contributed by atoms with van der Waals surface area (Å²) in [5.74, 6) is 5.68. The maximum atomic E-state index is 6.05. The van der Waals surface area contributed by atoms with Crippen LogP contribution in [0.2, 0.25) is 5.02 Å². The first-order chi connectivity index (χ1) is 9.10. The Hall–Kier alpha value is -0.390. The standard InChI is InChI=1S/C14H13Br2ClN2/c15-10-3-1-2-9(6-10)7-14(19-18)12-8-11(17)4-5-13(12)16/h1-6,8,14,19H,7,18H2. The Labute approximate surface area is 134 Å². The van der Waals surface area contributed by atoms with Gasteiger partial charge >= 0.3 is 0 Å². The molecule has 1 atom stereocenters. The van der Waals surface area contributed by atoms with Gasteiger partial charge in [0.05, 0.1) is 6.04 Å². The Kier molecular flexibility index (Phi) is 5.42. The minimum absolute atomic E-state index is 0.00220. The van der Waals surface area contributed by atoms with Crippen molar-refractivity contribution in [3.63, 3.8) is 0 Å². The highest BCUT2D eigenvalue weighted by Crippen LogP contribution is 2.29. The van der Waals surface area contributed by atoms with E-state index < -0.39 is 0 Å². The van der Waals surface area contributed by atoms with Crippen LogP contribution >= 0.6 is 43.5 Å². The van der Waals surface area contributed by atoms with E-state index in [2.05, 4.69) is 49.4 Å². The fraction of sp³-hybridized carbons (Fsp3) is 0.143. The summed E-state index contributed by atoms with van der Waals surface area (Å²) in [6, 6.07) is 13.9. The number of nitrogens with one attached hydrogen (secondary N) is 1. The predicted octanol–water partition coefficient (Wildman–Crippen LogP) is 4.61. The number of nitrogens with two attached hydrogens (primary N) is 1. The van der Waals surface area contributed by atoms with E-state index in [9.17, 15) is 0 Å². The van der Waals surface area contributed by atoms with E-state index in [0.29, 0.717) is 5.02 Å². The van der Waals surface area contributed by atoms with Crippen LogP contribution in [0.5, 0.6) is 0 Å². The van der Waals surface area contributed by atoms with Crippen LogP contribution in [0.25, 0.3) is 0 Å². The molecule has 1 unspecified atom stereocenters. The third-order valence-electron chi connectivity index (χ3n) is 2.86. The molecule has 0 radical (unpaired) electrons. The number of benzene rings is 2. The maximum absolute atomic E-state index is 6.05. The van der Waals surface area contributed by atoms with Crippen LogP contribution < -0.4 is 11.3 Å². The highest BCUT2D eigenvalue weighted by molar-refractivity contribution is 9.10. The number of halogens is 3. The zero-order chi connectivity index (χ0) is 13.8. The van der Waals surface area contributed by atoms with Crippen molar-refractivity contribution in [3.8, 4) is 0 Å². The largest absolute Gasteiger partial charge is 0.271 e. The highest BCUT2D eigenvalue weighted by atomic mass is 79.9. The molecule has 3 N–H and O–H groups in total. The normalized spacial score (nSPS) is 12.4. The van der Waals surface area contributed by atoms with Crippen molar-refractivity contribution in [1.29, 1.82) is 0 Å². The lowest BCUT2D eigenvalue weighted by atomic mass is 9.99. The molecule has 5 heteroatoms. The van der Waals surface area contributed by atoms with Gasteiger partial charge in [-0.2, -0.15) is 0 Å². The van der Waals surface area contributed by atoms with E-state index in [0.717, 1.165) is 20.9 Å². The lowest BCUT2D eigenvalue weighted by Gasteiger charge is -2.18. The van der Waals surface area contributed by atoms with Crippen LogP contribution in [-0.2, 0) is 6.42 Å². The second-order valence-electron chi connectivity index (χ2n) is 4.22. The summed E-state index contributed by atoms with van der Waals surface area (Å²) in [6.07, 6.45) is 0.787. The average molecular weight is 405 g/mol. The van der Waals surface area contributed by atoms with Gasteiger partial charge < -0.3 is 0 Å². The van der Waals surface area contributed by atoms with Gasteiger partial charge in [0.1, 0.15) is 0 Å². The molecular formula is C14H13Br2ClN2. The summed E-state index contributed by atoms with van der Waals surface area (Å²) in [6.45, 7) is 0. The van der Waals surface area contributed by atoms with Crippen molar-refractivity contribution in [1.82, 2.24) is 5.43 Å². The zero-order valence-corrected chi connectivity index (χ0v) is 14.0. The molecule has 0 saturated heterocycles. The molecule has 2 aromatic rings. The number of hydrazine groups is 1. The van der Waals surface area contributed by atoms with E-state index in [1.54, 1.807) is 0 Å². The van der Waals surface area contributed by atoms with Gasteiger partial charge in [0, 0.05) is 14.0 Å². The van der Waals surface area contributed by atoms with Crippen molar-refractivity contribution in [2.75, 3.05) is 0 Å². The molecule has 0 amide bonds. The quantitative estimate of drug-likeness (QED) is 0.577. The molecule has 2 rings (SSSR count). The molecule has 19 heavy (non-hydrogen) atoms. The third-order valence-corrected chi connectivity index (χ3v) is 4.31. The van der Waals surface area contributed by atoms with Crippen LogP contribution in [0.15, 0.2) is 51.4 Å². The van der Waals surface area contributed by atoms with Crippen molar-refractivity contribution in [2.24, 2.45) is 5.84 Å². The highest BCUT2D eigenvalue weighted by Gasteiger charge is 2.14. The lowest BCUT2D eigenvalue weighted by molar-refractivity contribution is 0.550. The average Bonchev–Trinajstić information content (AvgIpc) is 2.39. The molecule has 0 bridgehead atoms. The van der Waals surface area contributed by atoms with Gasteiger partial charge in [-0.15, -0.1) is 0 Å². The molecule has 2 aromatic carbocycles. The van der Waals surface area contributed by atoms with Crippen molar-refractivity contribution >= 4 is 43.5 Å². The molecule has 0 heterocycles. The minimum Gasteiger partial charge on any atom is -0.271 e. The fourth-order valence-corrected chi connectivity index (χ4v) is 3.09. The van der Waals surface area contributed by atoms with Crippen molar-refractivity contribution < 1.29 is 0 Å². The number of rotatable bonds is 4. The smallest absolute Gasteiger partial charge is 0.0511 e. The second kappa shape index (κ2) is 6.86. The number of hydrogen-bond acceptors (Lipinski definition) is 2. The van der Waals surface area contributed by atoms with Crippen LogP contribution in [0.3, 0.4) is 0 Å². The van der Waals surface area contributed by atoms with Crippen molar-refractivity contribution in [2.45, 2.75) is 12.5 Å². The lowest BCUT2D eigenvalue weighted by Crippen LogP contribution is -2.29. The molecule has 0 spiro atoms. The molecule has 100 valence electrons. The van der Waals surface area contributed by atoms with Gasteiger partial charge in [-0.3, -0.25) is 11.3 Å². The number of hydrogen-bond donors (Lipinski definition) is 2. The van der Waals surface area contributed by atoms with Gasteiger partial charge in [0.2, 0.25) is 0 Å². The summed E-state index contributed by atoms with van der Waals surface area (Å²) in [4.78, 5) is 0. The zero-order valence-electron chi connectivity index (χ0n) is 10.0. The summed E-state index contributed by atoms with van der Waals surface area (Å²) in [5, 5.41) is 0.702. The summed E-state index contributed by atoms with van der Waals surface area (Å²) >= 11 is 13.1. The Balaban J connectivity index is 2.27. The minimum atomic E-state index is 0.00220. The van der Waals surface area contributed by atoms with Gasteiger partial charge in [0.25, 0.3) is 0 Å². The molecule has 0 fully saturated rings. The first-order valence-corrected chi connectivity index (χ1v) is 7.72. The van der Waals surface area contributed by atoms with E-state index in [4.69, 9.17) is 17.4 Å². The van der Waals surface area contributed by atoms with E-state index in [1.165, 1.54) is 5.56 Å². The Bertz CT molecular complexity index is 575. The third kappa shape index (κ3) is 4.04. The summed E-state index contributed by atoms with van der Waals surface area (Å²) < 4.78 is 2.06. The van der Waals surface area contributed by atoms with E-state index >= 15 is 0 Å². The topological polar surface area (TPSA) is 38.0 Å². The SMILES string of the molecule is NNC(Cc1cccc(Br)c1)c1cc(Cl)ccc1Br. The van der Waals surface area contributed by atoms with Crippen LogP contribution in [0.1, 0.15) is 17.2 Å². The Morgan fingerprint density at radius 3 is 2.63 bits per heavy atom. The Morgan fingerprint density at radius 2 is 1.95 bits per heavy atom. The molecule has 0 aliphatic heterocycles. The van der Waals surface area contributed by atoms with Crippen LogP contribution in [0.4, 0.5) is 0 Å². The van der Waals surface area contributed by atoms with Gasteiger partial charge in [0.15, 0.2) is 0 Å². The van der Waals surface area contributed by atoms with Gasteiger partial charge in [-0.1, -0.05) is 55.6 Å². The van der Waals surface area contributed by atoms with Gasteiger partial charge in [-0.25, -0.2) is 0 Å². The maximum Gasteiger partial charge on any atom is 0.0511 e. The van der Waals surface area contributed by atoms with Gasteiger partial charge in [-0.05, 0) is 47.9 Å². The molecular weight excluding hydrogens is 391 g/mol. The second-order valence-corrected chi connectivity index (χ2v) is 6.43. The van der Waals surface area contributed by atoms with E-state index in [1.807, 2.05) is 30.3 Å². The summed E-state index contributed by atoms with van der Waals surface area (Å²) in [7, 11) is 0. The fourth-order valence-electron chi connectivity index (χ4n) is 1.94. The molecule has 0 saturated carbocycles. The predicted molar refractivity (Wildman–Crippen MR) is 87.1 cm³/mol. The first-order valence-electron chi connectivity index (χ1n) is 5.75. The molecule has 0 aromatic heterocycles. The molecule has 0 aliphatic carbocycles. The van der Waals surface area contributed by atoms with Crippen LogP contribution in [-0.4, -0.2) is 0 Å². The molecule has 0 aliphatic rings. The first kappa shape index (κ1) is 15.0. The Morgan fingerprint density at radius 1 is 1.16 bits per heavy atom. The summed E-state index contributed by atoms with van der Waals surface area (Å²) in [5.41, 5.74) is 5.10.